The van der Waals surface area contributed by atoms with Crippen LogP contribution in [0.2, 0.25) is 18.1 Å². The molecule has 2 aromatic carbocycles. The quantitative estimate of drug-likeness (QED) is 0.187. The minimum Gasteiger partial charge on any atom is -0.484 e. The standard InChI is InChI=1S/C34H44N4O3Si/c1-22-8-7-9-26-23(19-36-32(22)26)15-17-38-20-25(21-40-42(5,6)34(2,3)4)41-31-18-24(10-12-29(31)38)37-28-14-16-35-33-27(28)11-13-30(33)39/h7-10,12,14,16,18-19,25,30,36,39H,11,13,15,17,20-21H2,1-6H3,(H,35,37). The molecule has 0 bridgehead atoms. The van der Waals surface area contributed by atoms with Gasteiger partial charge in [-0.25, -0.2) is 0 Å². The summed E-state index contributed by atoms with van der Waals surface area (Å²) in [5.41, 5.74) is 8.78. The maximum atomic E-state index is 10.3. The van der Waals surface area contributed by atoms with Crippen molar-refractivity contribution in [3.63, 3.8) is 0 Å². The second-order valence-corrected chi connectivity index (χ2v) is 18.2. The van der Waals surface area contributed by atoms with Gasteiger partial charge >= 0.3 is 0 Å². The molecule has 222 valence electrons. The number of aryl methyl sites for hydroxylation is 1. The van der Waals surface area contributed by atoms with E-state index in [0.717, 1.165) is 66.4 Å². The van der Waals surface area contributed by atoms with Crippen LogP contribution in [-0.2, 0) is 17.3 Å². The first kappa shape index (κ1) is 28.8. The SMILES string of the molecule is Cc1cccc2c(CCN3CC(CO[Si](C)(C)C(C)(C)C)Oc4cc(Nc5ccnc6c5CCC6O)ccc43)c[nH]c12. The average molecular weight is 585 g/mol. The largest absolute Gasteiger partial charge is 0.484 e. The van der Waals surface area contributed by atoms with Gasteiger partial charge < -0.3 is 29.5 Å². The Morgan fingerprint density at radius 1 is 1.19 bits per heavy atom. The Hall–Kier alpha value is -3.33. The lowest BCUT2D eigenvalue weighted by atomic mass is 10.1. The average Bonchev–Trinajstić information content (AvgIpc) is 3.54. The normalized spacial score (nSPS) is 18.6. The van der Waals surface area contributed by atoms with Gasteiger partial charge in [-0.15, -0.1) is 0 Å². The number of para-hydroxylation sites is 1. The number of anilines is 3. The maximum Gasteiger partial charge on any atom is 0.192 e. The van der Waals surface area contributed by atoms with E-state index < -0.39 is 14.4 Å². The van der Waals surface area contributed by atoms with Crippen molar-refractivity contribution < 1.29 is 14.3 Å². The first-order valence-electron chi connectivity index (χ1n) is 15.2. The fourth-order valence-corrected chi connectivity index (χ4v) is 6.94. The Morgan fingerprint density at radius 3 is 2.83 bits per heavy atom. The molecule has 2 aromatic heterocycles. The molecule has 7 nitrogen and oxygen atoms in total. The molecule has 0 radical (unpaired) electrons. The van der Waals surface area contributed by atoms with Gasteiger partial charge in [0.15, 0.2) is 8.32 Å². The van der Waals surface area contributed by atoms with Crippen LogP contribution in [0.1, 0.15) is 55.7 Å². The molecule has 4 aromatic rings. The molecule has 0 saturated heterocycles. The summed E-state index contributed by atoms with van der Waals surface area (Å²) in [5.74, 6) is 0.871. The van der Waals surface area contributed by atoms with E-state index in [2.05, 4.69) is 104 Å². The number of aromatic nitrogens is 2. The fraction of sp³-hybridized carbons (Fsp3) is 0.441. The van der Waals surface area contributed by atoms with Crippen LogP contribution in [0.3, 0.4) is 0 Å². The number of pyridine rings is 1. The first-order chi connectivity index (χ1) is 20.0. The van der Waals surface area contributed by atoms with Crippen molar-refractivity contribution in [1.82, 2.24) is 9.97 Å². The van der Waals surface area contributed by atoms with Crippen molar-refractivity contribution in [1.29, 1.82) is 0 Å². The molecule has 0 saturated carbocycles. The van der Waals surface area contributed by atoms with Crippen LogP contribution in [-0.4, -0.2) is 49.2 Å². The van der Waals surface area contributed by atoms with E-state index >= 15 is 0 Å². The van der Waals surface area contributed by atoms with Gasteiger partial charge in [-0.05, 0) is 79.2 Å². The van der Waals surface area contributed by atoms with E-state index in [9.17, 15) is 5.11 Å². The van der Waals surface area contributed by atoms with Crippen LogP contribution in [0, 0.1) is 6.92 Å². The molecule has 0 spiro atoms. The number of nitrogens with zero attached hydrogens (tertiary/aromatic N) is 2. The summed E-state index contributed by atoms with van der Waals surface area (Å²) >= 11 is 0. The van der Waals surface area contributed by atoms with E-state index in [1.54, 1.807) is 6.20 Å². The predicted octanol–water partition coefficient (Wildman–Crippen LogP) is 7.43. The van der Waals surface area contributed by atoms with Gasteiger partial charge in [0.2, 0.25) is 0 Å². The molecule has 2 unspecified atom stereocenters. The summed E-state index contributed by atoms with van der Waals surface area (Å²) in [6.45, 7) is 15.8. The van der Waals surface area contributed by atoms with Crippen molar-refractivity contribution in [2.75, 3.05) is 29.9 Å². The molecule has 2 atom stereocenters. The smallest absolute Gasteiger partial charge is 0.192 e. The summed E-state index contributed by atoms with van der Waals surface area (Å²) < 4.78 is 13.3. The van der Waals surface area contributed by atoms with E-state index in [0.29, 0.717) is 6.61 Å². The monoisotopic (exact) mass is 584 g/mol. The summed E-state index contributed by atoms with van der Waals surface area (Å²) in [6, 6.07) is 14.9. The van der Waals surface area contributed by atoms with Crippen LogP contribution in [0.4, 0.5) is 17.1 Å². The highest BCUT2D eigenvalue weighted by molar-refractivity contribution is 6.74. The highest BCUT2D eigenvalue weighted by Crippen LogP contribution is 2.41. The number of benzene rings is 2. The Kier molecular flexibility index (Phi) is 7.58. The Bertz CT molecular complexity index is 1590. The van der Waals surface area contributed by atoms with Gasteiger partial charge in [-0.3, -0.25) is 4.98 Å². The van der Waals surface area contributed by atoms with Crippen LogP contribution in [0.15, 0.2) is 54.9 Å². The minimum absolute atomic E-state index is 0.0626. The third kappa shape index (κ3) is 5.55. The van der Waals surface area contributed by atoms with Crippen molar-refractivity contribution in [3.05, 3.63) is 77.2 Å². The zero-order valence-corrected chi connectivity index (χ0v) is 26.8. The van der Waals surface area contributed by atoms with Crippen molar-refractivity contribution >= 4 is 36.3 Å². The number of H-pyrrole nitrogens is 1. The van der Waals surface area contributed by atoms with Gasteiger partial charge in [-0.1, -0.05) is 39.0 Å². The molecule has 2 aliphatic rings. The summed E-state index contributed by atoms with van der Waals surface area (Å²) in [5, 5.41) is 15.3. The Morgan fingerprint density at radius 2 is 2.02 bits per heavy atom. The van der Waals surface area contributed by atoms with Crippen LogP contribution >= 0.6 is 0 Å². The third-order valence-corrected chi connectivity index (χ3v) is 14.0. The Balaban J connectivity index is 1.26. The molecule has 8 heteroatoms. The lowest BCUT2D eigenvalue weighted by Crippen LogP contribution is -2.48. The van der Waals surface area contributed by atoms with E-state index in [1.165, 1.54) is 22.0 Å². The van der Waals surface area contributed by atoms with Gasteiger partial charge in [0.05, 0.1) is 30.6 Å². The first-order valence-corrected chi connectivity index (χ1v) is 18.1. The van der Waals surface area contributed by atoms with Gasteiger partial charge in [0.25, 0.3) is 0 Å². The van der Waals surface area contributed by atoms with E-state index in [4.69, 9.17) is 9.16 Å². The second-order valence-electron chi connectivity index (χ2n) is 13.4. The highest BCUT2D eigenvalue weighted by atomic mass is 28.4. The molecule has 1 aliphatic heterocycles. The summed E-state index contributed by atoms with van der Waals surface area (Å²) in [7, 11) is -1.92. The van der Waals surface area contributed by atoms with Crippen LogP contribution in [0.5, 0.6) is 5.75 Å². The summed E-state index contributed by atoms with van der Waals surface area (Å²) in [6.07, 6.45) is 5.86. The number of rotatable bonds is 8. The second kappa shape index (κ2) is 11.1. The lowest BCUT2D eigenvalue weighted by molar-refractivity contribution is 0.117. The number of aliphatic hydroxyl groups excluding tert-OH is 1. The number of hydrogen-bond donors (Lipinski definition) is 3. The third-order valence-electron chi connectivity index (χ3n) is 9.47. The molecule has 42 heavy (non-hydrogen) atoms. The van der Waals surface area contributed by atoms with E-state index in [1.807, 2.05) is 6.07 Å². The zero-order valence-electron chi connectivity index (χ0n) is 25.8. The molecular weight excluding hydrogens is 540 g/mol. The van der Waals surface area contributed by atoms with Crippen LogP contribution < -0.4 is 15.0 Å². The van der Waals surface area contributed by atoms with Crippen molar-refractivity contribution in [2.45, 2.75) is 77.3 Å². The Labute approximate surface area is 250 Å². The number of ether oxygens (including phenoxy) is 1. The van der Waals surface area contributed by atoms with Gasteiger partial charge in [-0.2, -0.15) is 0 Å². The molecular formula is C34H44N4O3Si. The molecule has 0 amide bonds. The molecule has 3 N–H and O–H groups in total. The highest BCUT2D eigenvalue weighted by Gasteiger charge is 2.38. The number of aromatic amines is 1. The molecule has 0 fully saturated rings. The number of fused-ring (bicyclic) bond motifs is 3. The maximum absolute atomic E-state index is 10.3. The number of hydrogen-bond acceptors (Lipinski definition) is 6. The van der Waals surface area contributed by atoms with Crippen LogP contribution in [0.25, 0.3) is 10.9 Å². The van der Waals surface area contributed by atoms with Crippen molar-refractivity contribution in [3.8, 4) is 5.75 Å². The van der Waals surface area contributed by atoms with Gasteiger partial charge in [0, 0.05) is 47.3 Å². The summed E-state index contributed by atoms with van der Waals surface area (Å²) in [4.78, 5) is 10.4. The minimum atomic E-state index is -1.92. The fourth-order valence-electron chi connectivity index (χ4n) is 5.90. The van der Waals surface area contributed by atoms with Crippen molar-refractivity contribution in [2.24, 2.45) is 0 Å². The number of aliphatic hydroxyl groups is 1. The molecule has 3 heterocycles. The topological polar surface area (TPSA) is 82.6 Å². The lowest BCUT2D eigenvalue weighted by Gasteiger charge is -2.40. The molecule has 6 rings (SSSR count). The zero-order chi connectivity index (χ0) is 29.6. The van der Waals surface area contributed by atoms with E-state index in [-0.39, 0.29) is 11.1 Å². The predicted molar refractivity (Wildman–Crippen MR) is 174 cm³/mol. The number of nitrogens with one attached hydrogen (secondary N) is 2. The molecule has 1 aliphatic carbocycles. The van der Waals surface area contributed by atoms with Gasteiger partial charge in [0.1, 0.15) is 11.9 Å².